The number of hydrogen-bond donors (Lipinski definition) is 2. The van der Waals surface area contributed by atoms with Crippen LogP contribution < -0.4 is 10.6 Å². The van der Waals surface area contributed by atoms with Crippen molar-refractivity contribution < 1.29 is 14.7 Å². The van der Waals surface area contributed by atoms with E-state index in [1.165, 1.54) is 11.0 Å². The molecular formula is C14H21N3O3. The van der Waals surface area contributed by atoms with Gasteiger partial charge in [-0.15, -0.1) is 0 Å². The summed E-state index contributed by atoms with van der Waals surface area (Å²) in [6.07, 6.45) is 0.800. The molecule has 0 aliphatic carbocycles. The molecule has 0 aromatic heterocycles. The van der Waals surface area contributed by atoms with E-state index in [0.717, 1.165) is 6.42 Å². The molecule has 1 rings (SSSR count). The van der Waals surface area contributed by atoms with Crippen LogP contribution in [0.3, 0.4) is 0 Å². The fourth-order valence-corrected chi connectivity index (χ4v) is 1.85. The Labute approximate surface area is 118 Å². The fourth-order valence-electron chi connectivity index (χ4n) is 1.85. The molecule has 6 nitrogen and oxygen atoms in total. The molecule has 3 N–H and O–H groups in total. The van der Waals surface area contributed by atoms with E-state index in [0.29, 0.717) is 17.9 Å². The lowest BCUT2D eigenvalue weighted by atomic mass is 10.1. The van der Waals surface area contributed by atoms with E-state index in [9.17, 15) is 14.7 Å². The summed E-state index contributed by atoms with van der Waals surface area (Å²) in [5.74, 6) is -1.12. The number of nitrogen functional groups attached to an aromatic ring is 1. The van der Waals surface area contributed by atoms with E-state index in [2.05, 4.69) is 0 Å². The number of carboxylic acid groups (broad SMARTS) is 1. The van der Waals surface area contributed by atoms with Crippen LogP contribution in [0.2, 0.25) is 0 Å². The summed E-state index contributed by atoms with van der Waals surface area (Å²) in [6, 6.07) is 4.61. The Balaban J connectivity index is 3.16. The van der Waals surface area contributed by atoms with E-state index < -0.39 is 5.97 Å². The molecule has 1 amide bonds. The van der Waals surface area contributed by atoms with Crippen molar-refractivity contribution in [1.82, 2.24) is 4.90 Å². The van der Waals surface area contributed by atoms with Crippen LogP contribution in [0.15, 0.2) is 18.2 Å². The molecule has 0 aliphatic heterocycles. The maximum absolute atomic E-state index is 11.9. The van der Waals surface area contributed by atoms with Crippen molar-refractivity contribution in [2.75, 3.05) is 37.8 Å². The quantitative estimate of drug-likeness (QED) is 0.766. The van der Waals surface area contributed by atoms with Crippen molar-refractivity contribution in [3.05, 3.63) is 23.8 Å². The second-order valence-electron chi connectivity index (χ2n) is 4.79. The minimum Gasteiger partial charge on any atom is -0.478 e. The molecule has 0 saturated carbocycles. The van der Waals surface area contributed by atoms with Crippen molar-refractivity contribution in [2.45, 2.75) is 13.3 Å². The van der Waals surface area contributed by atoms with Gasteiger partial charge in [-0.3, -0.25) is 4.79 Å². The Hall–Kier alpha value is -2.24. The molecule has 0 radical (unpaired) electrons. The minimum atomic E-state index is -1.03. The lowest BCUT2D eigenvalue weighted by Gasteiger charge is -2.26. The summed E-state index contributed by atoms with van der Waals surface area (Å²) < 4.78 is 0. The van der Waals surface area contributed by atoms with Crippen LogP contribution in [0.5, 0.6) is 0 Å². The number of aromatic carboxylic acids is 1. The number of carbonyl (C=O) groups is 2. The van der Waals surface area contributed by atoms with Crippen LogP contribution >= 0.6 is 0 Å². The number of carbonyl (C=O) groups excluding carboxylic acids is 1. The highest BCUT2D eigenvalue weighted by Crippen LogP contribution is 2.24. The Morgan fingerprint density at radius 1 is 1.30 bits per heavy atom. The van der Waals surface area contributed by atoms with E-state index >= 15 is 0 Å². The zero-order valence-corrected chi connectivity index (χ0v) is 12.1. The summed E-state index contributed by atoms with van der Waals surface area (Å²) in [7, 11) is 3.34. The second-order valence-corrected chi connectivity index (χ2v) is 4.79. The summed E-state index contributed by atoms with van der Waals surface area (Å²) in [5.41, 5.74) is 6.85. The standard InChI is InChI=1S/C14H21N3O3/c1-4-7-17(9-13(18)16(2)3)12-8-10(15)5-6-11(12)14(19)20/h5-6,8H,4,7,9,15H2,1-3H3,(H,19,20). The first-order chi connectivity index (χ1) is 9.36. The zero-order valence-electron chi connectivity index (χ0n) is 12.1. The van der Waals surface area contributed by atoms with Gasteiger partial charge in [-0.2, -0.15) is 0 Å². The average molecular weight is 279 g/mol. The normalized spacial score (nSPS) is 10.2. The molecule has 1 aromatic rings. The SMILES string of the molecule is CCCN(CC(=O)N(C)C)c1cc(N)ccc1C(=O)O. The molecule has 20 heavy (non-hydrogen) atoms. The molecule has 0 bridgehead atoms. The van der Waals surface area contributed by atoms with Crippen molar-refractivity contribution in [2.24, 2.45) is 0 Å². The van der Waals surface area contributed by atoms with Gasteiger partial charge in [0.05, 0.1) is 17.8 Å². The largest absolute Gasteiger partial charge is 0.478 e. The molecule has 0 heterocycles. The van der Waals surface area contributed by atoms with Crippen molar-refractivity contribution in [3.63, 3.8) is 0 Å². The Morgan fingerprint density at radius 3 is 2.45 bits per heavy atom. The summed E-state index contributed by atoms with van der Waals surface area (Å²) in [5, 5.41) is 9.25. The minimum absolute atomic E-state index is 0.0859. The Kier molecular flexibility index (Phi) is 5.37. The van der Waals surface area contributed by atoms with Gasteiger partial charge in [-0.25, -0.2) is 4.79 Å². The molecule has 0 unspecified atom stereocenters. The van der Waals surface area contributed by atoms with E-state index in [1.54, 1.807) is 31.1 Å². The highest BCUT2D eigenvalue weighted by Gasteiger charge is 2.19. The average Bonchev–Trinajstić information content (AvgIpc) is 2.37. The summed E-state index contributed by atoms with van der Waals surface area (Å²) in [6.45, 7) is 2.69. The predicted molar refractivity (Wildman–Crippen MR) is 79.0 cm³/mol. The highest BCUT2D eigenvalue weighted by molar-refractivity contribution is 5.96. The maximum atomic E-state index is 11.9. The van der Waals surface area contributed by atoms with E-state index in [1.807, 2.05) is 6.92 Å². The summed E-state index contributed by atoms with van der Waals surface area (Å²) >= 11 is 0. The van der Waals surface area contributed by atoms with Gasteiger partial charge in [0.25, 0.3) is 0 Å². The first kappa shape index (κ1) is 15.8. The Bertz CT molecular complexity index is 500. The Morgan fingerprint density at radius 2 is 1.95 bits per heavy atom. The number of hydrogen-bond acceptors (Lipinski definition) is 4. The van der Waals surface area contributed by atoms with Gasteiger partial charge < -0.3 is 20.6 Å². The lowest BCUT2D eigenvalue weighted by Crippen LogP contribution is -2.37. The number of benzene rings is 1. The van der Waals surface area contributed by atoms with Gasteiger partial charge in [0.2, 0.25) is 5.91 Å². The number of rotatable bonds is 6. The number of nitrogens with zero attached hydrogens (tertiary/aromatic N) is 2. The first-order valence-corrected chi connectivity index (χ1v) is 6.44. The second kappa shape index (κ2) is 6.79. The third-order valence-corrected chi connectivity index (χ3v) is 2.91. The molecule has 1 aromatic carbocycles. The predicted octanol–water partition coefficient (Wildman–Crippen LogP) is 1.27. The molecule has 0 fully saturated rings. The van der Waals surface area contributed by atoms with Gasteiger partial charge in [0, 0.05) is 26.3 Å². The molecule has 0 spiro atoms. The monoisotopic (exact) mass is 279 g/mol. The van der Waals surface area contributed by atoms with Gasteiger partial charge in [0.15, 0.2) is 0 Å². The van der Waals surface area contributed by atoms with Crippen LogP contribution in [0.4, 0.5) is 11.4 Å². The number of carboxylic acids is 1. The maximum Gasteiger partial charge on any atom is 0.337 e. The zero-order chi connectivity index (χ0) is 15.3. The van der Waals surface area contributed by atoms with Gasteiger partial charge in [0.1, 0.15) is 0 Å². The molecule has 110 valence electrons. The van der Waals surface area contributed by atoms with E-state index in [4.69, 9.17) is 5.73 Å². The van der Waals surface area contributed by atoms with Crippen molar-refractivity contribution >= 4 is 23.3 Å². The highest BCUT2D eigenvalue weighted by atomic mass is 16.4. The van der Waals surface area contributed by atoms with Gasteiger partial charge in [-0.1, -0.05) is 6.92 Å². The molecule has 6 heteroatoms. The number of amides is 1. The van der Waals surface area contributed by atoms with Crippen LogP contribution in [0.25, 0.3) is 0 Å². The number of likely N-dealkylation sites (N-methyl/N-ethyl adjacent to an activating group) is 1. The summed E-state index contributed by atoms with van der Waals surface area (Å²) in [4.78, 5) is 26.4. The number of nitrogens with two attached hydrogens (primary N) is 1. The fraction of sp³-hybridized carbons (Fsp3) is 0.429. The van der Waals surface area contributed by atoms with Gasteiger partial charge >= 0.3 is 5.97 Å². The van der Waals surface area contributed by atoms with Gasteiger partial charge in [-0.05, 0) is 24.6 Å². The van der Waals surface area contributed by atoms with Crippen LogP contribution in [-0.4, -0.2) is 49.1 Å². The van der Waals surface area contributed by atoms with Crippen LogP contribution in [-0.2, 0) is 4.79 Å². The third kappa shape index (κ3) is 3.88. The smallest absolute Gasteiger partial charge is 0.337 e. The topological polar surface area (TPSA) is 86.9 Å². The van der Waals surface area contributed by atoms with Crippen molar-refractivity contribution in [1.29, 1.82) is 0 Å². The van der Waals surface area contributed by atoms with Crippen LogP contribution in [0, 0.1) is 0 Å². The van der Waals surface area contributed by atoms with Crippen molar-refractivity contribution in [3.8, 4) is 0 Å². The molecular weight excluding hydrogens is 258 g/mol. The molecule has 0 aliphatic rings. The molecule has 0 saturated heterocycles. The lowest BCUT2D eigenvalue weighted by molar-refractivity contribution is -0.127. The third-order valence-electron chi connectivity index (χ3n) is 2.91. The number of anilines is 2. The van der Waals surface area contributed by atoms with E-state index in [-0.39, 0.29) is 18.0 Å². The first-order valence-electron chi connectivity index (χ1n) is 6.44. The van der Waals surface area contributed by atoms with Crippen LogP contribution in [0.1, 0.15) is 23.7 Å². The molecule has 0 atom stereocenters.